The van der Waals surface area contributed by atoms with Gasteiger partial charge in [-0.1, -0.05) is 18.6 Å². The molecule has 5 fully saturated rings. The van der Waals surface area contributed by atoms with E-state index in [-0.39, 0.29) is 12.0 Å². The van der Waals surface area contributed by atoms with Crippen molar-refractivity contribution >= 4 is 0 Å². The van der Waals surface area contributed by atoms with Gasteiger partial charge in [0.2, 0.25) is 0 Å². The molecule has 0 aromatic heterocycles. The number of hydrogen-bond acceptors (Lipinski definition) is 3. The van der Waals surface area contributed by atoms with Crippen LogP contribution in [0.2, 0.25) is 0 Å². The highest BCUT2D eigenvalue weighted by Gasteiger charge is 2.72. The third-order valence-corrected chi connectivity index (χ3v) is 9.07. The highest BCUT2D eigenvalue weighted by Crippen LogP contribution is 2.74. The summed E-state index contributed by atoms with van der Waals surface area (Å²) in [6.07, 6.45) is 10.7. The molecule has 2 heterocycles. The maximum absolute atomic E-state index is 11.0. The summed E-state index contributed by atoms with van der Waals surface area (Å²) in [5.41, 5.74) is 1.68. The molecule has 4 bridgehead atoms. The van der Waals surface area contributed by atoms with Crippen LogP contribution in [-0.4, -0.2) is 29.2 Å². The minimum absolute atomic E-state index is 0.0348. The molecule has 2 spiro atoms. The second-order valence-corrected chi connectivity index (χ2v) is 9.63. The smallest absolute Gasteiger partial charge is 0.173 e. The monoisotopic (exact) mass is 318 g/mol. The summed E-state index contributed by atoms with van der Waals surface area (Å²) in [4.78, 5) is 0. The molecular weight excluding hydrogens is 288 g/mol. The minimum atomic E-state index is -1.11. The van der Waals surface area contributed by atoms with Gasteiger partial charge in [-0.25, -0.2) is 0 Å². The molecule has 0 radical (unpaired) electrons. The van der Waals surface area contributed by atoms with Crippen LogP contribution in [0, 0.1) is 34.0 Å². The molecule has 0 unspecified atom stereocenters. The molecule has 7 atom stereocenters. The van der Waals surface area contributed by atoms with E-state index in [0.717, 1.165) is 18.8 Å². The number of ether oxygens (including phenoxy) is 1. The maximum atomic E-state index is 11.0. The Hall–Kier alpha value is -0.380. The molecule has 6 rings (SSSR count). The Morgan fingerprint density at radius 2 is 2.00 bits per heavy atom. The third kappa shape index (κ3) is 1.49. The molecule has 3 saturated carbocycles. The van der Waals surface area contributed by atoms with Crippen LogP contribution in [-0.2, 0) is 4.74 Å². The van der Waals surface area contributed by atoms with Crippen LogP contribution in [0.3, 0.4) is 0 Å². The molecule has 0 aromatic carbocycles. The summed E-state index contributed by atoms with van der Waals surface area (Å²) in [5.74, 6) is 0.776. The zero-order valence-corrected chi connectivity index (χ0v) is 14.5. The van der Waals surface area contributed by atoms with Crippen molar-refractivity contribution in [2.75, 3.05) is 13.2 Å². The SMILES string of the molecule is CC1=C[C@@]23CC[C@@H]4[C@]5(CC[C@](O)(OC5)[C@@]4(C)CO)[C@H]2CC[C@@H]1C3. The highest BCUT2D eigenvalue weighted by molar-refractivity contribution is 5.28. The second kappa shape index (κ2) is 4.23. The molecule has 3 nitrogen and oxygen atoms in total. The van der Waals surface area contributed by atoms with Gasteiger partial charge in [-0.3, -0.25) is 0 Å². The van der Waals surface area contributed by atoms with Gasteiger partial charge in [-0.05, 0) is 68.6 Å². The quantitative estimate of drug-likeness (QED) is 0.730. The Morgan fingerprint density at radius 1 is 1.17 bits per heavy atom. The van der Waals surface area contributed by atoms with Gasteiger partial charge in [-0.2, -0.15) is 0 Å². The molecule has 3 heteroatoms. The van der Waals surface area contributed by atoms with E-state index < -0.39 is 11.2 Å². The van der Waals surface area contributed by atoms with Crippen molar-refractivity contribution in [1.29, 1.82) is 0 Å². The van der Waals surface area contributed by atoms with Crippen molar-refractivity contribution < 1.29 is 14.9 Å². The number of aliphatic hydroxyl groups is 2. The van der Waals surface area contributed by atoms with E-state index in [1.165, 1.54) is 25.7 Å². The number of fused-ring (bicyclic) bond motifs is 3. The lowest BCUT2D eigenvalue weighted by Gasteiger charge is -2.71. The van der Waals surface area contributed by atoms with Crippen LogP contribution < -0.4 is 0 Å². The van der Waals surface area contributed by atoms with Crippen LogP contribution in [0.15, 0.2) is 11.6 Å². The van der Waals surface area contributed by atoms with Gasteiger partial charge in [0.1, 0.15) is 0 Å². The lowest BCUT2D eigenvalue weighted by atomic mass is 9.38. The molecule has 128 valence electrons. The van der Waals surface area contributed by atoms with Crippen LogP contribution in [0.5, 0.6) is 0 Å². The van der Waals surface area contributed by atoms with Gasteiger partial charge in [-0.15, -0.1) is 0 Å². The van der Waals surface area contributed by atoms with Gasteiger partial charge < -0.3 is 14.9 Å². The normalized spacial score (nSPS) is 60.2. The van der Waals surface area contributed by atoms with E-state index in [1.807, 2.05) is 0 Å². The molecule has 0 amide bonds. The van der Waals surface area contributed by atoms with Crippen molar-refractivity contribution in [3.63, 3.8) is 0 Å². The Labute approximate surface area is 139 Å². The van der Waals surface area contributed by atoms with Crippen molar-refractivity contribution in [3.05, 3.63) is 11.6 Å². The minimum Gasteiger partial charge on any atom is -0.396 e. The molecule has 2 aliphatic heterocycles. The molecule has 0 aromatic rings. The number of rotatable bonds is 1. The van der Waals surface area contributed by atoms with Crippen LogP contribution in [0.4, 0.5) is 0 Å². The fraction of sp³-hybridized carbons (Fsp3) is 0.900. The van der Waals surface area contributed by atoms with E-state index >= 15 is 0 Å². The molecule has 2 saturated heterocycles. The lowest BCUT2D eigenvalue weighted by molar-refractivity contribution is -0.401. The fourth-order valence-electron chi connectivity index (χ4n) is 7.89. The first kappa shape index (κ1) is 14.9. The van der Waals surface area contributed by atoms with Crippen LogP contribution in [0.1, 0.15) is 58.8 Å². The average molecular weight is 318 g/mol. The fourth-order valence-corrected chi connectivity index (χ4v) is 7.89. The standard InChI is InChI=1S/C20H30O3/c1-13-9-18-6-5-15-17(2,11-21)20(22)8-7-19(15,12-23-20)16(18)4-3-14(13)10-18/h9,14-16,21-22H,3-8,10-12H2,1-2H3/t14-,15+,16+,17+,18-,19-,20+/m1/s1. The predicted octanol–water partition coefficient (Wildman–Crippen LogP) is 3.26. The second-order valence-electron chi connectivity index (χ2n) is 9.63. The molecule has 6 aliphatic rings. The van der Waals surface area contributed by atoms with Crippen LogP contribution in [0.25, 0.3) is 0 Å². The number of hydrogen-bond donors (Lipinski definition) is 2. The van der Waals surface area contributed by atoms with Gasteiger partial charge in [0.25, 0.3) is 0 Å². The first-order valence-electron chi connectivity index (χ1n) is 9.56. The lowest BCUT2D eigenvalue weighted by Crippen LogP contribution is -2.73. The molecular formula is C20H30O3. The first-order chi connectivity index (χ1) is 10.9. The zero-order valence-electron chi connectivity index (χ0n) is 14.5. The largest absolute Gasteiger partial charge is 0.396 e. The molecule has 4 aliphatic carbocycles. The Morgan fingerprint density at radius 3 is 2.70 bits per heavy atom. The van der Waals surface area contributed by atoms with Gasteiger partial charge in [0.15, 0.2) is 5.79 Å². The number of aliphatic hydroxyl groups excluding tert-OH is 1. The van der Waals surface area contributed by atoms with Gasteiger partial charge >= 0.3 is 0 Å². The van der Waals surface area contributed by atoms with Gasteiger partial charge in [0, 0.05) is 17.3 Å². The van der Waals surface area contributed by atoms with Crippen molar-refractivity contribution in [1.82, 2.24) is 0 Å². The Kier molecular flexibility index (Phi) is 2.74. The summed E-state index contributed by atoms with van der Waals surface area (Å²) >= 11 is 0. The molecule has 2 N–H and O–H groups in total. The summed E-state index contributed by atoms with van der Waals surface area (Å²) < 4.78 is 6.08. The topological polar surface area (TPSA) is 49.7 Å². The summed E-state index contributed by atoms with van der Waals surface area (Å²) in [6.45, 7) is 5.14. The van der Waals surface area contributed by atoms with E-state index in [1.54, 1.807) is 5.57 Å². The zero-order chi connectivity index (χ0) is 16.1. The van der Waals surface area contributed by atoms with Crippen molar-refractivity contribution in [2.45, 2.75) is 64.6 Å². The van der Waals surface area contributed by atoms with Crippen LogP contribution >= 0.6 is 0 Å². The summed E-state index contributed by atoms with van der Waals surface area (Å²) in [5, 5.41) is 21.2. The Bertz CT molecular complexity index is 573. The summed E-state index contributed by atoms with van der Waals surface area (Å²) in [7, 11) is 0. The van der Waals surface area contributed by atoms with Crippen molar-refractivity contribution in [2.24, 2.45) is 34.0 Å². The average Bonchev–Trinajstić information content (AvgIpc) is 2.78. The van der Waals surface area contributed by atoms with Gasteiger partial charge in [0.05, 0.1) is 13.2 Å². The van der Waals surface area contributed by atoms with E-state index in [4.69, 9.17) is 4.74 Å². The van der Waals surface area contributed by atoms with E-state index in [9.17, 15) is 10.2 Å². The maximum Gasteiger partial charge on any atom is 0.173 e. The third-order valence-electron chi connectivity index (χ3n) is 9.07. The Balaban J connectivity index is 1.63. The first-order valence-corrected chi connectivity index (χ1v) is 9.56. The van der Waals surface area contributed by atoms with Crippen molar-refractivity contribution in [3.8, 4) is 0 Å². The highest BCUT2D eigenvalue weighted by atomic mass is 16.6. The predicted molar refractivity (Wildman–Crippen MR) is 87.5 cm³/mol. The summed E-state index contributed by atoms with van der Waals surface area (Å²) in [6, 6.07) is 0. The molecule has 23 heavy (non-hydrogen) atoms. The van der Waals surface area contributed by atoms with E-state index in [0.29, 0.717) is 30.3 Å². The number of allylic oxidation sites excluding steroid dienone is 2. The van der Waals surface area contributed by atoms with E-state index in [2.05, 4.69) is 19.9 Å².